The molecule has 0 unspecified atom stereocenters. The van der Waals surface area contributed by atoms with Gasteiger partial charge in [0, 0.05) is 31.1 Å². The lowest BCUT2D eigenvalue weighted by atomic mass is 9.97. The van der Waals surface area contributed by atoms with Crippen LogP contribution in [0.25, 0.3) is 0 Å². The molecule has 2 aromatic rings. The Hall–Kier alpha value is -2.37. The van der Waals surface area contributed by atoms with Crippen LogP contribution < -0.4 is 20.9 Å². The lowest BCUT2D eigenvalue weighted by molar-refractivity contribution is 0.0951. The van der Waals surface area contributed by atoms with E-state index in [1.54, 1.807) is 7.11 Å². The quantitative estimate of drug-likeness (QED) is 0.756. The third-order valence-corrected chi connectivity index (χ3v) is 4.69. The fraction of sp³-hybridized carbons (Fsp3) is 0.350. The molecule has 1 heterocycles. The molecule has 3 rings (SSSR count). The number of hydrogen-bond acceptors (Lipinski definition) is 4. The number of nitrogens with one attached hydrogen (secondary N) is 3. The number of ether oxygens (including phenoxy) is 1. The molecule has 0 aromatic heterocycles. The molecule has 3 N–H and O–H groups in total. The molecule has 0 radical (unpaired) electrons. The summed E-state index contributed by atoms with van der Waals surface area (Å²) in [6, 6.07) is 15.9. The van der Waals surface area contributed by atoms with Gasteiger partial charge in [-0.25, -0.2) is 0 Å². The molecular formula is C20H25N3O2. The normalized spacial score (nSPS) is 15.8. The number of benzene rings is 2. The lowest BCUT2D eigenvalue weighted by Gasteiger charge is -2.16. The molecule has 1 atom stereocenters. The van der Waals surface area contributed by atoms with Gasteiger partial charge in [-0.1, -0.05) is 43.3 Å². The predicted molar refractivity (Wildman–Crippen MR) is 98.9 cm³/mol. The summed E-state index contributed by atoms with van der Waals surface area (Å²) in [6.07, 6.45) is 0. The molecule has 25 heavy (non-hydrogen) atoms. The Balaban J connectivity index is 1.65. The van der Waals surface area contributed by atoms with Crippen LogP contribution in [0, 0.1) is 0 Å². The van der Waals surface area contributed by atoms with Crippen molar-refractivity contribution in [2.75, 3.05) is 26.7 Å². The molecule has 0 bridgehead atoms. The van der Waals surface area contributed by atoms with E-state index in [2.05, 4.69) is 35.2 Å². The van der Waals surface area contributed by atoms with Crippen molar-refractivity contribution in [3.8, 4) is 5.75 Å². The average Bonchev–Trinajstić information content (AvgIpc) is 3.20. The van der Waals surface area contributed by atoms with E-state index >= 15 is 0 Å². The molecule has 0 saturated carbocycles. The summed E-state index contributed by atoms with van der Waals surface area (Å²) < 4.78 is 5.51. The van der Waals surface area contributed by atoms with Crippen LogP contribution in [0.4, 0.5) is 0 Å². The number of carbonyl (C=O) groups excluding carboxylic acids is 1. The molecule has 1 fully saturated rings. The zero-order valence-electron chi connectivity index (χ0n) is 14.7. The molecule has 1 amide bonds. The van der Waals surface area contributed by atoms with Crippen LogP contribution in [0.1, 0.15) is 40.2 Å². The number of hydrogen-bond donors (Lipinski definition) is 3. The fourth-order valence-corrected chi connectivity index (χ4v) is 3.12. The van der Waals surface area contributed by atoms with Crippen LogP contribution in [0.15, 0.2) is 48.5 Å². The second kappa shape index (κ2) is 8.14. The fourth-order valence-electron chi connectivity index (χ4n) is 3.12. The minimum Gasteiger partial charge on any atom is -0.496 e. The van der Waals surface area contributed by atoms with Crippen molar-refractivity contribution < 1.29 is 9.53 Å². The minimum absolute atomic E-state index is 0.0738. The van der Waals surface area contributed by atoms with Gasteiger partial charge >= 0.3 is 0 Å². The largest absolute Gasteiger partial charge is 0.496 e. The van der Waals surface area contributed by atoms with E-state index in [1.165, 1.54) is 5.56 Å². The Bertz CT molecular complexity index is 712. The Morgan fingerprint density at radius 1 is 1.20 bits per heavy atom. The van der Waals surface area contributed by atoms with Crippen LogP contribution in [0.2, 0.25) is 0 Å². The van der Waals surface area contributed by atoms with Crippen LogP contribution in [0.5, 0.6) is 5.75 Å². The third kappa shape index (κ3) is 4.18. The van der Waals surface area contributed by atoms with Gasteiger partial charge in [-0.2, -0.15) is 0 Å². The first-order chi connectivity index (χ1) is 12.2. The van der Waals surface area contributed by atoms with Crippen molar-refractivity contribution in [2.45, 2.75) is 18.8 Å². The zero-order chi connectivity index (χ0) is 17.6. The van der Waals surface area contributed by atoms with Crippen LogP contribution in [-0.2, 0) is 0 Å². The summed E-state index contributed by atoms with van der Waals surface area (Å²) in [6.45, 7) is 4.43. The molecule has 2 aromatic carbocycles. The van der Waals surface area contributed by atoms with Crippen molar-refractivity contribution in [2.24, 2.45) is 0 Å². The number of hydrazine groups is 1. The third-order valence-electron chi connectivity index (χ3n) is 4.69. The van der Waals surface area contributed by atoms with Gasteiger partial charge in [-0.15, -0.1) is 0 Å². The van der Waals surface area contributed by atoms with Crippen LogP contribution in [-0.4, -0.2) is 32.7 Å². The van der Waals surface area contributed by atoms with Gasteiger partial charge in [-0.05, 0) is 29.2 Å². The lowest BCUT2D eigenvalue weighted by Crippen LogP contribution is -2.27. The van der Waals surface area contributed by atoms with Gasteiger partial charge in [0.15, 0.2) is 0 Å². The van der Waals surface area contributed by atoms with E-state index < -0.39 is 0 Å². The van der Waals surface area contributed by atoms with Crippen LogP contribution in [0.3, 0.4) is 0 Å². The smallest absolute Gasteiger partial charge is 0.251 e. The van der Waals surface area contributed by atoms with Gasteiger partial charge < -0.3 is 10.1 Å². The number of carbonyl (C=O) groups is 1. The molecule has 0 aliphatic carbocycles. The van der Waals surface area contributed by atoms with E-state index in [1.807, 2.05) is 36.4 Å². The summed E-state index contributed by atoms with van der Waals surface area (Å²) in [5.74, 6) is 1.31. The van der Waals surface area contributed by atoms with E-state index in [4.69, 9.17) is 4.74 Å². The van der Waals surface area contributed by atoms with Crippen molar-refractivity contribution in [1.82, 2.24) is 16.2 Å². The first kappa shape index (κ1) is 17.5. The molecule has 1 aliphatic rings. The van der Waals surface area contributed by atoms with Crippen molar-refractivity contribution >= 4 is 5.91 Å². The Labute approximate surface area is 148 Å². The summed E-state index contributed by atoms with van der Waals surface area (Å²) in [5.41, 5.74) is 9.21. The average molecular weight is 339 g/mol. The predicted octanol–water partition coefficient (Wildman–Crippen LogP) is 2.42. The van der Waals surface area contributed by atoms with E-state index in [-0.39, 0.29) is 11.8 Å². The highest BCUT2D eigenvalue weighted by Gasteiger charge is 2.21. The Kier molecular flexibility index (Phi) is 5.68. The molecule has 1 aliphatic heterocycles. The highest BCUT2D eigenvalue weighted by Crippen LogP contribution is 2.28. The monoisotopic (exact) mass is 339 g/mol. The molecule has 0 spiro atoms. The van der Waals surface area contributed by atoms with Gasteiger partial charge in [0.1, 0.15) is 5.75 Å². The maximum atomic E-state index is 12.5. The summed E-state index contributed by atoms with van der Waals surface area (Å²) >= 11 is 0. The first-order valence-electron chi connectivity index (χ1n) is 8.66. The van der Waals surface area contributed by atoms with Crippen molar-refractivity contribution in [1.29, 1.82) is 0 Å². The summed E-state index contributed by atoms with van der Waals surface area (Å²) in [7, 11) is 1.65. The molecular weight excluding hydrogens is 314 g/mol. The van der Waals surface area contributed by atoms with Crippen molar-refractivity contribution in [3.05, 3.63) is 65.2 Å². The SMILES string of the molecule is COc1cc(C(=O)NC[C@@H](C)c2ccccc2)ccc1C1CNNC1. The zero-order valence-corrected chi connectivity index (χ0v) is 14.7. The Morgan fingerprint density at radius 3 is 2.60 bits per heavy atom. The highest BCUT2D eigenvalue weighted by atomic mass is 16.5. The number of rotatable bonds is 6. The molecule has 5 heteroatoms. The number of methoxy groups -OCH3 is 1. The molecule has 5 nitrogen and oxygen atoms in total. The second-order valence-corrected chi connectivity index (χ2v) is 6.44. The summed E-state index contributed by atoms with van der Waals surface area (Å²) in [5, 5.41) is 3.02. The first-order valence-corrected chi connectivity index (χ1v) is 8.66. The van der Waals surface area contributed by atoms with E-state index in [0.717, 1.165) is 24.4 Å². The van der Waals surface area contributed by atoms with Crippen LogP contribution >= 0.6 is 0 Å². The van der Waals surface area contributed by atoms with Gasteiger partial charge in [0.2, 0.25) is 0 Å². The highest BCUT2D eigenvalue weighted by molar-refractivity contribution is 5.94. The Morgan fingerprint density at radius 2 is 1.92 bits per heavy atom. The number of amides is 1. The van der Waals surface area contributed by atoms with Gasteiger partial charge in [-0.3, -0.25) is 15.6 Å². The minimum atomic E-state index is -0.0738. The second-order valence-electron chi connectivity index (χ2n) is 6.44. The van der Waals surface area contributed by atoms with Gasteiger partial charge in [0.05, 0.1) is 7.11 Å². The van der Waals surface area contributed by atoms with Crippen molar-refractivity contribution in [3.63, 3.8) is 0 Å². The standard InChI is InChI=1S/C20H25N3O2/c1-14(15-6-4-3-5-7-15)11-21-20(24)16-8-9-18(19(10-16)25-2)17-12-22-23-13-17/h3-10,14,17,22-23H,11-13H2,1-2H3,(H,21,24)/t14-/m1/s1. The topological polar surface area (TPSA) is 62.4 Å². The summed E-state index contributed by atoms with van der Waals surface area (Å²) in [4.78, 5) is 12.5. The molecule has 1 saturated heterocycles. The maximum Gasteiger partial charge on any atom is 0.251 e. The van der Waals surface area contributed by atoms with E-state index in [9.17, 15) is 4.79 Å². The molecule has 132 valence electrons. The van der Waals surface area contributed by atoms with E-state index in [0.29, 0.717) is 18.0 Å². The van der Waals surface area contributed by atoms with Gasteiger partial charge in [0.25, 0.3) is 5.91 Å². The maximum absolute atomic E-state index is 12.5.